The SMILES string of the molecule is CN=C(NCc1ccc(F)cc1)NCc1ccc(OCCOC)cc1. The van der Waals surface area contributed by atoms with Gasteiger partial charge in [0, 0.05) is 27.2 Å². The minimum atomic E-state index is -0.235. The fourth-order valence-corrected chi connectivity index (χ4v) is 2.14. The summed E-state index contributed by atoms with van der Waals surface area (Å²) in [6.45, 7) is 2.32. The second-order valence-electron chi connectivity index (χ2n) is 5.39. The Hall–Kier alpha value is -2.60. The molecule has 25 heavy (non-hydrogen) atoms. The predicted octanol–water partition coefficient (Wildman–Crippen LogP) is 2.72. The van der Waals surface area contributed by atoms with E-state index in [1.165, 1.54) is 12.1 Å². The molecule has 6 heteroatoms. The number of aliphatic imine (C=N–C) groups is 1. The van der Waals surface area contributed by atoms with Gasteiger partial charge >= 0.3 is 0 Å². The Morgan fingerprint density at radius 1 is 0.920 bits per heavy atom. The molecule has 0 saturated heterocycles. The minimum Gasteiger partial charge on any atom is -0.491 e. The van der Waals surface area contributed by atoms with E-state index in [0.29, 0.717) is 32.3 Å². The Labute approximate surface area is 147 Å². The summed E-state index contributed by atoms with van der Waals surface area (Å²) < 4.78 is 23.4. The molecule has 0 aliphatic heterocycles. The third kappa shape index (κ3) is 6.81. The van der Waals surface area contributed by atoms with Crippen LogP contribution in [0.2, 0.25) is 0 Å². The van der Waals surface area contributed by atoms with Crippen LogP contribution in [0, 0.1) is 5.82 Å². The molecular weight excluding hydrogens is 321 g/mol. The highest BCUT2D eigenvalue weighted by atomic mass is 19.1. The first-order valence-corrected chi connectivity index (χ1v) is 8.11. The van der Waals surface area contributed by atoms with E-state index in [2.05, 4.69) is 15.6 Å². The van der Waals surface area contributed by atoms with E-state index < -0.39 is 0 Å². The van der Waals surface area contributed by atoms with Gasteiger partial charge in [-0.25, -0.2) is 4.39 Å². The molecule has 0 spiro atoms. The van der Waals surface area contributed by atoms with Crippen LogP contribution in [-0.4, -0.2) is 33.3 Å². The highest BCUT2D eigenvalue weighted by molar-refractivity contribution is 5.79. The third-order valence-electron chi connectivity index (χ3n) is 3.54. The van der Waals surface area contributed by atoms with Crippen molar-refractivity contribution in [1.29, 1.82) is 0 Å². The highest BCUT2D eigenvalue weighted by Gasteiger charge is 2.00. The van der Waals surface area contributed by atoms with Gasteiger partial charge in [-0.15, -0.1) is 0 Å². The molecule has 0 saturated carbocycles. The van der Waals surface area contributed by atoms with Gasteiger partial charge in [0.05, 0.1) is 6.61 Å². The van der Waals surface area contributed by atoms with Crippen molar-refractivity contribution in [2.75, 3.05) is 27.4 Å². The van der Waals surface area contributed by atoms with Crippen molar-refractivity contribution < 1.29 is 13.9 Å². The molecule has 0 aromatic heterocycles. The number of rotatable bonds is 8. The van der Waals surface area contributed by atoms with Crippen LogP contribution in [0.4, 0.5) is 4.39 Å². The largest absolute Gasteiger partial charge is 0.491 e. The van der Waals surface area contributed by atoms with E-state index in [9.17, 15) is 4.39 Å². The van der Waals surface area contributed by atoms with Gasteiger partial charge in [-0.05, 0) is 35.4 Å². The average molecular weight is 345 g/mol. The van der Waals surface area contributed by atoms with Gasteiger partial charge in [-0.2, -0.15) is 0 Å². The molecule has 0 aliphatic rings. The third-order valence-corrected chi connectivity index (χ3v) is 3.54. The number of nitrogens with zero attached hydrogens (tertiary/aromatic N) is 1. The molecular formula is C19H24FN3O2. The van der Waals surface area contributed by atoms with E-state index in [-0.39, 0.29) is 5.82 Å². The maximum absolute atomic E-state index is 12.9. The highest BCUT2D eigenvalue weighted by Crippen LogP contribution is 2.12. The Balaban J connectivity index is 1.77. The summed E-state index contributed by atoms with van der Waals surface area (Å²) in [5, 5.41) is 6.44. The molecule has 5 nitrogen and oxygen atoms in total. The molecule has 0 radical (unpaired) electrons. The second kappa shape index (κ2) is 10.3. The van der Waals surface area contributed by atoms with Crippen molar-refractivity contribution in [3.8, 4) is 5.75 Å². The van der Waals surface area contributed by atoms with E-state index in [4.69, 9.17) is 9.47 Å². The van der Waals surface area contributed by atoms with Crippen LogP contribution in [0.1, 0.15) is 11.1 Å². The number of guanidine groups is 1. The molecule has 134 valence electrons. The van der Waals surface area contributed by atoms with Gasteiger partial charge in [0.15, 0.2) is 5.96 Å². The average Bonchev–Trinajstić information content (AvgIpc) is 2.64. The zero-order valence-corrected chi connectivity index (χ0v) is 14.6. The molecule has 2 rings (SSSR count). The summed E-state index contributed by atoms with van der Waals surface area (Å²) in [4.78, 5) is 4.18. The number of nitrogens with one attached hydrogen (secondary N) is 2. The van der Waals surface area contributed by atoms with Crippen LogP contribution < -0.4 is 15.4 Å². The first-order chi connectivity index (χ1) is 12.2. The number of ether oxygens (including phenoxy) is 2. The van der Waals surface area contributed by atoms with Gasteiger partial charge in [-0.3, -0.25) is 4.99 Å². The van der Waals surface area contributed by atoms with Crippen molar-refractivity contribution in [1.82, 2.24) is 10.6 Å². The van der Waals surface area contributed by atoms with E-state index in [1.807, 2.05) is 24.3 Å². The number of hydrogen-bond donors (Lipinski definition) is 2. The van der Waals surface area contributed by atoms with Crippen LogP contribution >= 0.6 is 0 Å². The second-order valence-corrected chi connectivity index (χ2v) is 5.39. The lowest BCUT2D eigenvalue weighted by molar-refractivity contribution is 0.146. The Morgan fingerprint density at radius 2 is 1.48 bits per heavy atom. The quantitative estimate of drug-likeness (QED) is 0.439. The van der Waals surface area contributed by atoms with Crippen molar-refractivity contribution in [2.24, 2.45) is 4.99 Å². The first-order valence-electron chi connectivity index (χ1n) is 8.11. The molecule has 2 aromatic carbocycles. The Bertz CT molecular complexity index is 657. The van der Waals surface area contributed by atoms with Crippen LogP contribution in [-0.2, 0) is 17.8 Å². The van der Waals surface area contributed by atoms with Gasteiger partial charge in [0.1, 0.15) is 18.2 Å². The standard InChI is InChI=1S/C19H24FN3O2/c1-21-19(22-13-15-3-7-17(20)8-4-15)23-14-16-5-9-18(10-6-16)25-12-11-24-2/h3-10H,11-14H2,1-2H3,(H2,21,22,23). The van der Waals surface area contributed by atoms with Gasteiger partial charge in [0.25, 0.3) is 0 Å². The summed E-state index contributed by atoms with van der Waals surface area (Å²) in [7, 11) is 3.36. The maximum Gasteiger partial charge on any atom is 0.191 e. The lowest BCUT2D eigenvalue weighted by atomic mass is 10.2. The van der Waals surface area contributed by atoms with Gasteiger partial charge < -0.3 is 20.1 Å². The van der Waals surface area contributed by atoms with Gasteiger partial charge in [0.2, 0.25) is 0 Å². The normalized spacial score (nSPS) is 11.2. The van der Waals surface area contributed by atoms with Gasteiger partial charge in [-0.1, -0.05) is 24.3 Å². The molecule has 0 fully saturated rings. The zero-order valence-electron chi connectivity index (χ0n) is 14.6. The molecule has 0 amide bonds. The Kier molecular flexibility index (Phi) is 7.72. The summed E-state index contributed by atoms with van der Waals surface area (Å²) in [5.74, 6) is 1.27. The minimum absolute atomic E-state index is 0.235. The van der Waals surface area contributed by atoms with Crippen molar-refractivity contribution in [2.45, 2.75) is 13.1 Å². The summed E-state index contributed by atoms with van der Waals surface area (Å²) >= 11 is 0. The topological polar surface area (TPSA) is 54.9 Å². The predicted molar refractivity (Wildman–Crippen MR) is 97.3 cm³/mol. The van der Waals surface area contributed by atoms with Crippen LogP contribution in [0.25, 0.3) is 0 Å². The number of benzene rings is 2. The first kappa shape index (κ1) is 18.7. The van der Waals surface area contributed by atoms with E-state index in [0.717, 1.165) is 16.9 Å². The fourth-order valence-electron chi connectivity index (χ4n) is 2.14. The smallest absolute Gasteiger partial charge is 0.191 e. The van der Waals surface area contributed by atoms with E-state index in [1.54, 1.807) is 26.3 Å². The maximum atomic E-state index is 12.9. The molecule has 0 heterocycles. The lowest BCUT2D eigenvalue weighted by Crippen LogP contribution is -2.36. The van der Waals surface area contributed by atoms with Crippen molar-refractivity contribution in [3.05, 3.63) is 65.5 Å². The fraction of sp³-hybridized carbons (Fsp3) is 0.316. The number of hydrogen-bond acceptors (Lipinski definition) is 3. The van der Waals surface area contributed by atoms with Crippen LogP contribution in [0.15, 0.2) is 53.5 Å². The van der Waals surface area contributed by atoms with E-state index >= 15 is 0 Å². The Morgan fingerprint density at radius 3 is 2.00 bits per heavy atom. The molecule has 2 N–H and O–H groups in total. The monoisotopic (exact) mass is 345 g/mol. The molecule has 0 atom stereocenters. The molecule has 0 aliphatic carbocycles. The molecule has 0 bridgehead atoms. The number of halogens is 1. The lowest BCUT2D eigenvalue weighted by Gasteiger charge is -2.12. The van der Waals surface area contributed by atoms with Crippen molar-refractivity contribution >= 4 is 5.96 Å². The number of methoxy groups -OCH3 is 1. The zero-order chi connectivity index (χ0) is 17.9. The molecule has 2 aromatic rings. The summed E-state index contributed by atoms with van der Waals surface area (Å²) in [6, 6.07) is 14.3. The van der Waals surface area contributed by atoms with Crippen molar-refractivity contribution in [3.63, 3.8) is 0 Å². The summed E-state index contributed by atoms with van der Waals surface area (Å²) in [6.07, 6.45) is 0. The van der Waals surface area contributed by atoms with Crippen LogP contribution in [0.5, 0.6) is 5.75 Å². The summed E-state index contributed by atoms with van der Waals surface area (Å²) in [5.41, 5.74) is 2.10. The van der Waals surface area contributed by atoms with Crippen LogP contribution in [0.3, 0.4) is 0 Å². The molecule has 0 unspecified atom stereocenters.